The lowest BCUT2D eigenvalue weighted by atomic mass is 9.74. The van der Waals surface area contributed by atoms with Crippen LogP contribution in [-0.4, -0.2) is 70.7 Å². The molecule has 0 radical (unpaired) electrons. The van der Waals surface area contributed by atoms with Gasteiger partial charge in [-0.25, -0.2) is 0 Å². The van der Waals surface area contributed by atoms with Crippen LogP contribution in [-0.2, 0) is 16.7 Å². The van der Waals surface area contributed by atoms with Gasteiger partial charge in [-0.05, 0) is 43.7 Å². The topological polar surface area (TPSA) is 79.6 Å². The van der Waals surface area contributed by atoms with Gasteiger partial charge < -0.3 is 15.2 Å². The number of benzene rings is 1. The third-order valence-corrected chi connectivity index (χ3v) is 7.10. The van der Waals surface area contributed by atoms with Crippen molar-refractivity contribution in [2.24, 2.45) is 0 Å². The van der Waals surface area contributed by atoms with Crippen molar-refractivity contribution in [2.75, 3.05) is 32.8 Å². The Morgan fingerprint density at radius 3 is 2.69 bits per heavy atom. The molecule has 1 aromatic heterocycles. The van der Waals surface area contributed by atoms with Gasteiger partial charge in [0.1, 0.15) is 5.69 Å². The molecule has 7 nitrogen and oxygen atoms in total. The smallest absolute Gasteiger partial charge is 0.271 e. The zero-order chi connectivity index (χ0) is 22.4. The average molecular weight is 441 g/mol. The molecule has 1 aliphatic carbocycles. The number of hydrogen-bond donors (Lipinski definition) is 2. The van der Waals surface area contributed by atoms with E-state index in [1.54, 1.807) is 6.07 Å². The molecule has 0 bridgehead atoms. The molecule has 32 heavy (non-hydrogen) atoms. The van der Waals surface area contributed by atoms with E-state index in [2.05, 4.69) is 46.5 Å². The Bertz CT molecular complexity index is 865. The summed E-state index contributed by atoms with van der Waals surface area (Å²) >= 11 is 0. The van der Waals surface area contributed by atoms with Crippen molar-refractivity contribution >= 4 is 5.91 Å². The number of carbonyl (C=O) groups is 1. The molecule has 0 spiro atoms. The summed E-state index contributed by atoms with van der Waals surface area (Å²) in [6.45, 7) is 6.65. The van der Waals surface area contributed by atoms with Gasteiger partial charge in [0, 0.05) is 43.8 Å². The van der Waals surface area contributed by atoms with Crippen LogP contribution in [0.4, 0.5) is 0 Å². The quantitative estimate of drug-likeness (QED) is 0.647. The van der Waals surface area contributed by atoms with Crippen LogP contribution in [0.3, 0.4) is 0 Å². The second kappa shape index (κ2) is 10.6. The highest BCUT2D eigenvalue weighted by molar-refractivity contribution is 5.92. The third-order valence-electron chi connectivity index (χ3n) is 7.10. The molecule has 1 saturated carbocycles. The number of aliphatic hydroxyl groups excluding tert-OH is 1. The van der Waals surface area contributed by atoms with Crippen LogP contribution in [0.25, 0.3) is 0 Å². The minimum absolute atomic E-state index is 0.135. The van der Waals surface area contributed by atoms with E-state index in [1.165, 1.54) is 5.56 Å². The van der Waals surface area contributed by atoms with E-state index >= 15 is 0 Å². The highest BCUT2D eigenvalue weighted by Crippen LogP contribution is 2.39. The van der Waals surface area contributed by atoms with E-state index in [1.807, 2.05) is 16.9 Å². The van der Waals surface area contributed by atoms with Crippen molar-refractivity contribution < 1.29 is 14.6 Å². The summed E-state index contributed by atoms with van der Waals surface area (Å²) in [5.74, 6) is -0.135. The predicted molar refractivity (Wildman–Crippen MR) is 124 cm³/mol. The molecule has 4 rings (SSSR count). The van der Waals surface area contributed by atoms with Gasteiger partial charge in [0.2, 0.25) is 0 Å². The van der Waals surface area contributed by atoms with Crippen molar-refractivity contribution in [3.63, 3.8) is 0 Å². The molecule has 3 atom stereocenters. The third kappa shape index (κ3) is 5.22. The second-order valence-electron chi connectivity index (χ2n) is 9.15. The molecule has 1 amide bonds. The summed E-state index contributed by atoms with van der Waals surface area (Å²) in [7, 11) is 0. The summed E-state index contributed by atoms with van der Waals surface area (Å²) in [5, 5.41) is 18.6. The van der Waals surface area contributed by atoms with Crippen LogP contribution in [0.2, 0.25) is 0 Å². The van der Waals surface area contributed by atoms with Crippen molar-refractivity contribution in [3.8, 4) is 0 Å². The zero-order valence-electron chi connectivity index (χ0n) is 19.1. The van der Waals surface area contributed by atoms with Crippen LogP contribution in [0.5, 0.6) is 0 Å². The highest BCUT2D eigenvalue weighted by Gasteiger charge is 2.40. The van der Waals surface area contributed by atoms with Gasteiger partial charge in [-0.1, -0.05) is 37.3 Å². The van der Waals surface area contributed by atoms with Crippen molar-refractivity contribution in [1.29, 1.82) is 0 Å². The number of nitrogens with zero attached hydrogens (tertiary/aromatic N) is 3. The largest absolute Gasteiger partial charge is 0.391 e. The van der Waals surface area contributed by atoms with Crippen LogP contribution in [0.15, 0.2) is 42.6 Å². The number of amides is 1. The van der Waals surface area contributed by atoms with Gasteiger partial charge in [0.05, 0.1) is 19.3 Å². The number of aromatic nitrogens is 2. The Kier molecular flexibility index (Phi) is 7.60. The molecule has 2 fully saturated rings. The first kappa shape index (κ1) is 23.0. The number of aryl methyl sites for hydroxylation is 1. The van der Waals surface area contributed by atoms with Gasteiger partial charge >= 0.3 is 0 Å². The average Bonchev–Trinajstić information content (AvgIpc) is 3.23. The maximum Gasteiger partial charge on any atom is 0.271 e. The molecular formula is C25H36N4O3. The Morgan fingerprint density at radius 1 is 1.19 bits per heavy atom. The lowest BCUT2D eigenvalue weighted by Gasteiger charge is -2.37. The number of nitrogens with one attached hydrogen (secondary N) is 1. The number of ether oxygens (including phenoxy) is 1. The molecule has 7 heteroatoms. The molecular weight excluding hydrogens is 404 g/mol. The van der Waals surface area contributed by atoms with Crippen LogP contribution in [0, 0.1) is 0 Å². The van der Waals surface area contributed by atoms with E-state index < -0.39 is 0 Å². The van der Waals surface area contributed by atoms with Gasteiger partial charge in [-0.15, -0.1) is 0 Å². The minimum atomic E-state index is -0.362. The zero-order valence-corrected chi connectivity index (χ0v) is 19.1. The number of hydrogen-bond acceptors (Lipinski definition) is 5. The monoisotopic (exact) mass is 440 g/mol. The minimum Gasteiger partial charge on any atom is -0.391 e. The molecule has 1 aliphatic heterocycles. The number of rotatable bonds is 7. The molecule has 2 N–H and O–H groups in total. The van der Waals surface area contributed by atoms with Crippen LogP contribution < -0.4 is 5.32 Å². The van der Waals surface area contributed by atoms with Crippen molar-refractivity contribution in [3.05, 3.63) is 53.9 Å². The lowest BCUT2D eigenvalue weighted by molar-refractivity contribution is -0.0236. The van der Waals surface area contributed by atoms with E-state index in [9.17, 15) is 9.90 Å². The number of morpholine rings is 1. The molecule has 2 aromatic rings. The predicted octanol–water partition coefficient (Wildman–Crippen LogP) is 2.60. The molecule has 0 unspecified atom stereocenters. The lowest BCUT2D eigenvalue weighted by Crippen LogP contribution is -2.48. The van der Waals surface area contributed by atoms with Gasteiger partial charge in [-0.2, -0.15) is 5.10 Å². The summed E-state index contributed by atoms with van der Waals surface area (Å²) in [5.41, 5.74) is 1.48. The normalized spacial score (nSPS) is 27.1. The number of carbonyl (C=O) groups excluding carboxylic acids is 1. The second-order valence-corrected chi connectivity index (χ2v) is 9.15. The van der Waals surface area contributed by atoms with Gasteiger partial charge in [0.15, 0.2) is 0 Å². The Morgan fingerprint density at radius 2 is 1.94 bits per heavy atom. The standard InChI is InChI=1S/C25H36N4O3/c1-2-13-29-14-10-21(27-29)24(31)26-19-25(20-6-4-3-5-7-20)11-8-22(23(30)9-12-25)28-15-17-32-18-16-28/h3-7,10,14,22-23,30H,2,8-9,11-13,15-19H2,1H3,(H,26,31)/t22-,23-,25-/m1/s1. The summed E-state index contributed by atoms with van der Waals surface area (Å²) in [4.78, 5) is 15.3. The van der Waals surface area contributed by atoms with Gasteiger partial charge in [0.25, 0.3) is 5.91 Å². The van der Waals surface area contributed by atoms with E-state index in [4.69, 9.17) is 4.74 Å². The number of aliphatic hydroxyl groups is 1. The Labute approximate surface area is 190 Å². The summed E-state index contributed by atoms with van der Waals surface area (Å²) in [6, 6.07) is 12.4. The molecule has 2 aliphatic rings. The first-order chi connectivity index (χ1) is 15.6. The van der Waals surface area contributed by atoms with E-state index in [0.717, 1.165) is 65.0 Å². The summed E-state index contributed by atoms with van der Waals surface area (Å²) < 4.78 is 7.33. The SMILES string of the molecule is CCCn1ccc(C(=O)NC[C@]2(c3ccccc3)CC[C@@H](O)[C@H](N3CCOCC3)CC2)n1. The van der Waals surface area contributed by atoms with Gasteiger partial charge in [-0.3, -0.25) is 14.4 Å². The van der Waals surface area contributed by atoms with Crippen LogP contribution in [0.1, 0.15) is 55.1 Å². The fourth-order valence-electron chi connectivity index (χ4n) is 5.23. The van der Waals surface area contributed by atoms with E-state index in [-0.39, 0.29) is 23.5 Å². The molecule has 174 valence electrons. The highest BCUT2D eigenvalue weighted by atomic mass is 16.5. The Hall–Kier alpha value is -2.22. The van der Waals surface area contributed by atoms with Crippen LogP contribution >= 0.6 is 0 Å². The first-order valence-electron chi connectivity index (χ1n) is 12.0. The fourth-order valence-corrected chi connectivity index (χ4v) is 5.23. The Balaban J connectivity index is 1.50. The fraction of sp³-hybridized carbons (Fsp3) is 0.600. The molecule has 2 heterocycles. The molecule has 1 saturated heterocycles. The first-order valence-corrected chi connectivity index (χ1v) is 12.0. The van der Waals surface area contributed by atoms with Crippen molar-refractivity contribution in [2.45, 2.75) is 63.1 Å². The maximum absolute atomic E-state index is 12.9. The summed E-state index contributed by atoms with van der Waals surface area (Å²) in [6.07, 6.45) is 5.85. The maximum atomic E-state index is 12.9. The molecule has 1 aromatic carbocycles. The van der Waals surface area contributed by atoms with E-state index in [0.29, 0.717) is 12.2 Å². The van der Waals surface area contributed by atoms with Crippen molar-refractivity contribution in [1.82, 2.24) is 20.0 Å².